The van der Waals surface area contributed by atoms with Crippen LogP contribution in [0, 0.1) is 6.92 Å². The Kier molecular flexibility index (Phi) is 8.46. The fourth-order valence-corrected chi connectivity index (χ4v) is 4.26. The summed E-state index contributed by atoms with van der Waals surface area (Å²) in [4.78, 5) is 22.1. The van der Waals surface area contributed by atoms with Crippen molar-refractivity contribution in [1.29, 1.82) is 0 Å². The monoisotopic (exact) mass is 455 g/mol. The summed E-state index contributed by atoms with van der Waals surface area (Å²) in [7, 11) is 0. The van der Waals surface area contributed by atoms with Crippen LogP contribution in [0.5, 0.6) is 0 Å². The van der Waals surface area contributed by atoms with Gasteiger partial charge in [-0.2, -0.15) is 5.10 Å². The van der Waals surface area contributed by atoms with Gasteiger partial charge in [0.2, 0.25) is 0 Å². The van der Waals surface area contributed by atoms with Gasteiger partial charge in [0, 0.05) is 30.9 Å². The Morgan fingerprint density at radius 2 is 1.90 bits per heavy atom. The number of amides is 1. The molecular formula is C20H27Cl2N5OS. The minimum absolute atomic E-state index is 0. The summed E-state index contributed by atoms with van der Waals surface area (Å²) in [5.74, 6) is -0.123. The molecule has 0 fully saturated rings. The van der Waals surface area contributed by atoms with Gasteiger partial charge < -0.3 is 4.90 Å². The average molecular weight is 456 g/mol. The van der Waals surface area contributed by atoms with Crippen LogP contribution in [0.3, 0.4) is 0 Å². The standard InChI is InChI=1S/C20H26ClN5OS.ClH/c1-5-24(6-2)12-13-26(19(27)16-10-11-25(7-3)23-16)20-22-18-14(4)15(21)8-9-17(18)28-20;/h8-11H,5-7,12-13H2,1-4H3;1H. The number of benzene rings is 1. The van der Waals surface area contributed by atoms with Crippen molar-refractivity contribution in [3.8, 4) is 0 Å². The number of nitrogens with zero attached hydrogens (tertiary/aromatic N) is 5. The van der Waals surface area contributed by atoms with E-state index in [1.807, 2.05) is 32.2 Å². The summed E-state index contributed by atoms with van der Waals surface area (Å²) in [6, 6.07) is 5.61. The van der Waals surface area contributed by atoms with E-state index in [1.54, 1.807) is 15.6 Å². The molecule has 158 valence electrons. The number of hydrogen-bond donors (Lipinski definition) is 0. The molecule has 3 rings (SSSR count). The van der Waals surface area contributed by atoms with Crippen LogP contribution in [0.25, 0.3) is 10.2 Å². The van der Waals surface area contributed by atoms with Gasteiger partial charge >= 0.3 is 0 Å². The molecule has 0 unspecified atom stereocenters. The van der Waals surface area contributed by atoms with Crippen molar-refractivity contribution in [3.63, 3.8) is 0 Å². The number of aromatic nitrogens is 3. The smallest absolute Gasteiger partial charge is 0.280 e. The molecule has 9 heteroatoms. The summed E-state index contributed by atoms with van der Waals surface area (Å²) in [5, 5.41) is 5.77. The van der Waals surface area contributed by atoms with Crippen LogP contribution in [0.2, 0.25) is 5.02 Å². The molecule has 29 heavy (non-hydrogen) atoms. The topological polar surface area (TPSA) is 54.3 Å². The number of carbonyl (C=O) groups is 1. The molecule has 3 aromatic rings. The zero-order chi connectivity index (χ0) is 20.3. The molecule has 0 saturated heterocycles. The Balaban J connectivity index is 0.00000300. The van der Waals surface area contributed by atoms with Crippen molar-refractivity contribution in [3.05, 3.63) is 40.7 Å². The van der Waals surface area contributed by atoms with Gasteiger partial charge in [-0.1, -0.05) is 36.8 Å². The molecule has 6 nitrogen and oxygen atoms in total. The van der Waals surface area contributed by atoms with Gasteiger partial charge in [-0.25, -0.2) is 4.98 Å². The molecule has 0 saturated carbocycles. The molecule has 1 amide bonds. The number of aryl methyl sites for hydroxylation is 2. The molecule has 2 aromatic heterocycles. The first-order valence-electron chi connectivity index (χ1n) is 9.61. The largest absolute Gasteiger partial charge is 0.302 e. The first kappa shape index (κ1) is 23.6. The normalized spacial score (nSPS) is 11.1. The van der Waals surface area contributed by atoms with E-state index in [0.29, 0.717) is 22.4 Å². The van der Waals surface area contributed by atoms with Crippen LogP contribution >= 0.6 is 35.3 Å². The van der Waals surface area contributed by atoms with E-state index in [1.165, 1.54) is 11.3 Å². The van der Waals surface area contributed by atoms with Crippen LogP contribution in [0.15, 0.2) is 24.4 Å². The van der Waals surface area contributed by atoms with Gasteiger partial charge in [0.05, 0.1) is 10.2 Å². The quantitative estimate of drug-likeness (QED) is 0.485. The Labute approximate surface area is 186 Å². The number of halogens is 2. The Bertz CT molecular complexity index is 967. The zero-order valence-electron chi connectivity index (χ0n) is 17.2. The number of rotatable bonds is 8. The van der Waals surface area contributed by atoms with Crippen molar-refractivity contribution in [2.24, 2.45) is 0 Å². The van der Waals surface area contributed by atoms with Crippen molar-refractivity contribution in [2.75, 3.05) is 31.1 Å². The fourth-order valence-electron chi connectivity index (χ4n) is 3.06. The highest BCUT2D eigenvalue weighted by Gasteiger charge is 2.24. The summed E-state index contributed by atoms with van der Waals surface area (Å²) in [5.41, 5.74) is 2.23. The highest BCUT2D eigenvalue weighted by Crippen LogP contribution is 2.34. The maximum absolute atomic E-state index is 13.3. The lowest BCUT2D eigenvalue weighted by Gasteiger charge is -2.24. The average Bonchev–Trinajstić information content (AvgIpc) is 3.35. The minimum Gasteiger partial charge on any atom is -0.302 e. The van der Waals surface area contributed by atoms with Gasteiger partial charge in [-0.05, 0) is 50.7 Å². The van der Waals surface area contributed by atoms with Crippen molar-refractivity contribution < 1.29 is 4.79 Å². The summed E-state index contributed by atoms with van der Waals surface area (Å²) >= 11 is 7.77. The second kappa shape index (κ2) is 10.4. The van der Waals surface area contributed by atoms with E-state index >= 15 is 0 Å². The van der Waals surface area contributed by atoms with Gasteiger partial charge in [-0.15, -0.1) is 12.4 Å². The van der Waals surface area contributed by atoms with Crippen LogP contribution in [-0.4, -0.2) is 51.8 Å². The van der Waals surface area contributed by atoms with E-state index in [9.17, 15) is 4.79 Å². The predicted octanol–water partition coefficient (Wildman–Crippen LogP) is 4.88. The zero-order valence-corrected chi connectivity index (χ0v) is 19.6. The van der Waals surface area contributed by atoms with E-state index in [2.05, 4.69) is 23.8 Å². The molecule has 0 aliphatic heterocycles. The van der Waals surface area contributed by atoms with Crippen LogP contribution in [0.1, 0.15) is 36.8 Å². The van der Waals surface area contributed by atoms with Gasteiger partial charge in [0.15, 0.2) is 10.8 Å². The third-order valence-electron chi connectivity index (χ3n) is 4.93. The van der Waals surface area contributed by atoms with Crippen molar-refractivity contribution in [1.82, 2.24) is 19.7 Å². The number of thiazole rings is 1. The van der Waals surface area contributed by atoms with Crippen molar-refractivity contribution >= 4 is 56.6 Å². The predicted molar refractivity (Wildman–Crippen MR) is 124 cm³/mol. The van der Waals surface area contributed by atoms with Crippen LogP contribution < -0.4 is 4.90 Å². The van der Waals surface area contributed by atoms with Gasteiger partial charge in [-0.3, -0.25) is 14.4 Å². The molecule has 0 radical (unpaired) electrons. The molecule has 0 bridgehead atoms. The van der Waals surface area contributed by atoms with Gasteiger partial charge in [0.1, 0.15) is 0 Å². The number of anilines is 1. The summed E-state index contributed by atoms with van der Waals surface area (Å²) < 4.78 is 2.79. The van der Waals surface area contributed by atoms with Crippen LogP contribution in [-0.2, 0) is 6.54 Å². The third kappa shape index (κ3) is 5.09. The number of fused-ring (bicyclic) bond motifs is 1. The second-order valence-corrected chi connectivity index (χ2v) is 7.97. The third-order valence-corrected chi connectivity index (χ3v) is 6.38. The molecule has 0 aliphatic rings. The SMILES string of the molecule is CCN(CC)CCN(C(=O)c1ccn(CC)n1)c1nc2c(C)c(Cl)ccc2s1.Cl. The molecule has 0 N–H and O–H groups in total. The Hall–Kier alpha value is -1.67. The molecular weight excluding hydrogens is 429 g/mol. The number of hydrogen-bond acceptors (Lipinski definition) is 5. The fraction of sp³-hybridized carbons (Fsp3) is 0.450. The lowest BCUT2D eigenvalue weighted by Crippen LogP contribution is -2.39. The summed E-state index contributed by atoms with van der Waals surface area (Å²) in [6.07, 6.45) is 1.83. The first-order chi connectivity index (χ1) is 13.5. The molecule has 1 aromatic carbocycles. The van der Waals surface area contributed by atoms with E-state index in [0.717, 1.165) is 42.0 Å². The van der Waals surface area contributed by atoms with Crippen LogP contribution in [0.4, 0.5) is 5.13 Å². The highest BCUT2D eigenvalue weighted by atomic mass is 35.5. The maximum Gasteiger partial charge on any atom is 0.280 e. The molecule has 0 spiro atoms. The Morgan fingerprint density at radius 1 is 1.17 bits per heavy atom. The maximum atomic E-state index is 13.3. The molecule has 2 heterocycles. The van der Waals surface area contributed by atoms with Gasteiger partial charge in [0.25, 0.3) is 5.91 Å². The highest BCUT2D eigenvalue weighted by molar-refractivity contribution is 7.22. The summed E-state index contributed by atoms with van der Waals surface area (Å²) in [6.45, 7) is 12.2. The second-order valence-electron chi connectivity index (χ2n) is 6.56. The Morgan fingerprint density at radius 3 is 2.52 bits per heavy atom. The lowest BCUT2D eigenvalue weighted by atomic mass is 10.2. The first-order valence-corrected chi connectivity index (χ1v) is 10.8. The molecule has 0 atom stereocenters. The number of carbonyl (C=O) groups excluding carboxylic acids is 1. The van der Waals surface area contributed by atoms with Crippen molar-refractivity contribution in [2.45, 2.75) is 34.2 Å². The number of likely N-dealkylation sites (N-methyl/N-ethyl adjacent to an activating group) is 1. The van der Waals surface area contributed by atoms with E-state index in [4.69, 9.17) is 16.6 Å². The molecule has 0 aliphatic carbocycles. The van der Waals surface area contributed by atoms with E-state index < -0.39 is 0 Å². The lowest BCUT2D eigenvalue weighted by molar-refractivity contribution is 0.0978. The minimum atomic E-state index is -0.123. The van der Waals surface area contributed by atoms with E-state index in [-0.39, 0.29) is 18.3 Å².